The maximum atomic E-state index is 12.7. The van der Waals surface area contributed by atoms with Gasteiger partial charge in [0.05, 0.1) is 21.8 Å². The number of rotatable bonds is 3. The maximum absolute atomic E-state index is 12.7. The maximum Gasteiger partial charge on any atom is 0.275 e. The van der Waals surface area contributed by atoms with Gasteiger partial charge in [-0.15, -0.1) is 0 Å². The van der Waals surface area contributed by atoms with Crippen LogP contribution < -0.4 is 5.32 Å². The van der Waals surface area contributed by atoms with Crippen LogP contribution >= 0.6 is 11.6 Å². The summed E-state index contributed by atoms with van der Waals surface area (Å²) >= 11 is 6.27. The first-order valence-corrected chi connectivity index (χ1v) is 8.73. The minimum absolute atomic E-state index is 0.121. The van der Waals surface area contributed by atoms with E-state index in [1.54, 1.807) is 19.9 Å². The van der Waals surface area contributed by atoms with E-state index in [0.29, 0.717) is 28.4 Å². The first kappa shape index (κ1) is 16.6. The Labute approximate surface area is 155 Å². The quantitative estimate of drug-likeness (QED) is 0.726. The highest BCUT2D eigenvalue weighted by Gasteiger charge is 2.27. The zero-order valence-corrected chi connectivity index (χ0v) is 15.1. The number of anilines is 1. The molecule has 1 aromatic carbocycles. The number of aromatic nitrogens is 3. The third-order valence-electron chi connectivity index (χ3n) is 4.71. The second-order valence-electron chi connectivity index (χ2n) is 6.57. The number of aryl methyl sites for hydroxylation is 1. The number of pyridine rings is 1. The normalized spacial score (nSPS) is 13.6. The molecule has 26 heavy (non-hydrogen) atoms. The van der Waals surface area contributed by atoms with Gasteiger partial charge in [-0.25, -0.2) is 4.98 Å². The molecule has 6 nitrogen and oxygen atoms in total. The molecule has 0 spiro atoms. The summed E-state index contributed by atoms with van der Waals surface area (Å²) in [6.07, 6.45) is 2.33. The summed E-state index contributed by atoms with van der Waals surface area (Å²) < 4.78 is 0. The Kier molecular flexibility index (Phi) is 3.89. The van der Waals surface area contributed by atoms with Crippen LogP contribution in [0.1, 0.15) is 51.8 Å². The fourth-order valence-electron chi connectivity index (χ4n) is 3.13. The number of amides is 1. The van der Waals surface area contributed by atoms with Crippen molar-refractivity contribution < 1.29 is 4.79 Å². The van der Waals surface area contributed by atoms with Crippen LogP contribution in [0.15, 0.2) is 18.2 Å². The zero-order valence-electron chi connectivity index (χ0n) is 14.4. The Morgan fingerprint density at radius 1 is 1.38 bits per heavy atom. The number of benzene rings is 1. The van der Waals surface area contributed by atoms with Crippen molar-refractivity contribution in [2.45, 2.75) is 32.6 Å². The Morgan fingerprint density at radius 3 is 2.85 bits per heavy atom. The molecule has 0 atom stereocenters. The van der Waals surface area contributed by atoms with Crippen LogP contribution in [-0.4, -0.2) is 21.1 Å². The minimum atomic E-state index is -0.401. The Balaban J connectivity index is 1.67. The number of hydrogen-bond donors (Lipinski definition) is 2. The van der Waals surface area contributed by atoms with E-state index < -0.39 is 5.91 Å². The number of H-pyrrole nitrogens is 1. The molecule has 0 saturated heterocycles. The lowest BCUT2D eigenvalue weighted by Gasteiger charge is -2.11. The monoisotopic (exact) mass is 365 g/mol. The summed E-state index contributed by atoms with van der Waals surface area (Å²) in [6.45, 7) is 3.41. The molecule has 0 bridgehead atoms. The van der Waals surface area contributed by atoms with E-state index >= 15 is 0 Å². The SMILES string of the molecule is Cc1nc(C(=O)Nc2ccc3n[nH]c(C4CC4)c3c2)c(Cl)c(C)c1C#N. The first-order chi connectivity index (χ1) is 12.5. The molecule has 0 radical (unpaired) electrons. The van der Waals surface area contributed by atoms with Gasteiger partial charge in [0.1, 0.15) is 11.8 Å². The zero-order chi connectivity index (χ0) is 18.4. The van der Waals surface area contributed by atoms with Crippen LogP contribution in [0.5, 0.6) is 0 Å². The van der Waals surface area contributed by atoms with E-state index in [1.807, 2.05) is 12.1 Å². The van der Waals surface area contributed by atoms with Crippen LogP contribution in [0, 0.1) is 25.2 Å². The summed E-state index contributed by atoms with van der Waals surface area (Å²) in [5, 5.41) is 20.7. The topological polar surface area (TPSA) is 94.5 Å². The van der Waals surface area contributed by atoms with Crippen LogP contribution in [0.3, 0.4) is 0 Å². The fraction of sp³-hybridized carbons (Fsp3) is 0.263. The van der Waals surface area contributed by atoms with Crippen LogP contribution in [0.4, 0.5) is 5.69 Å². The summed E-state index contributed by atoms with van der Waals surface area (Å²) in [4.78, 5) is 16.9. The molecule has 2 N–H and O–H groups in total. The highest BCUT2D eigenvalue weighted by atomic mass is 35.5. The number of hydrogen-bond acceptors (Lipinski definition) is 4. The number of fused-ring (bicyclic) bond motifs is 1. The van der Waals surface area contributed by atoms with Gasteiger partial charge in [0.2, 0.25) is 0 Å². The average Bonchev–Trinajstić information content (AvgIpc) is 3.38. The summed E-state index contributed by atoms with van der Waals surface area (Å²) in [5.41, 5.74) is 4.23. The second kappa shape index (κ2) is 6.11. The predicted octanol–water partition coefficient (Wildman–Crippen LogP) is 4.23. The predicted molar refractivity (Wildman–Crippen MR) is 99.5 cm³/mol. The molecule has 2 aromatic heterocycles. The van der Waals surface area contributed by atoms with Gasteiger partial charge in [-0.1, -0.05) is 11.6 Å². The molecule has 1 aliphatic rings. The lowest BCUT2D eigenvalue weighted by Crippen LogP contribution is -2.16. The van der Waals surface area contributed by atoms with Crippen molar-refractivity contribution in [3.8, 4) is 6.07 Å². The van der Waals surface area contributed by atoms with Crippen molar-refractivity contribution in [1.82, 2.24) is 15.2 Å². The van der Waals surface area contributed by atoms with Crippen molar-refractivity contribution in [1.29, 1.82) is 5.26 Å². The number of nitrogens with one attached hydrogen (secondary N) is 2. The lowest BCUT2D eigenvalue weighted by molar-refractivity contribution is 0.102. The molecule has 130 valence electrons. The van der Waals surface area contributed by atoms with Gasteiger partial charge in [-0.2, -0.15) is 10.4 Å². The van der Waals surface area contributed by atoms with E-state index in [-0.39, 0.29) is 10.7 Å². The molecule has 1 saturated carbocycles. The number of nitriles is 1. The first-order valence-electron chi connectivity index (χ1n) is 8.35. The fourth-order valence-corrected chi connectivity index (χ4v) is 3.35. The molecular formula is C19H16ClN5O. The summed E-state index contributed by atoms with van der Waals surface area (Å²) in [6, 6.07) is 7.66. The second-order valence-corrected chi connectivity index (χ2v) is 6.95. The number of halogens is 1. The van der Waals surface area contributed by atoms with Crippen LogP contribution in [0.25, 0.3) is 10.9 Å². The molecule has 7 heteroatoms. The van der Waals surface area contributed by atoms with Gasteiger partial charge in [0, 0.05) is 22.7 Å². The molecule has 2 heterocycles. The molecule has 1 aliphatic carbocycles. The third kappa shape index (κ3) is 2.71. The van der Waals surface area contributed by atoms with Gasteiger partial charge in [-0.3, -0.25) is 9.89 Å². The molecule has 4 rings (SSSR count). The van der Waals surface area contributed by atoms with Crippen molar-refractivity contribution in [2.24, 2.45) is 0 Å². The van der Waals surface area contributed by atoms with Gasteiger partial charge in [0.15, 0.2) is 0 Å². The van der Waals surface area contributed by atoms with E-state index in [2.05, 4.69) is 26.6 Å². The molecule has 1 amide bonds. The van der Waals surface area contributed by atoms with E-state index in [1.165, 1.54) is 0 Å². The Hall–Kier alpha value is -2.91. The summed E-state index contributed by atoms with van der Waals surface area (Å²) in [7, 11) is 0. The highest BCUT2D eigenvalue weighted by Crippen LogP contribution is 2.42. The molecule has 0 unspecified atom stereocenters. The number of carbonyl (C=O) groups excluding carboxylic acids is 1. The molecular weight excluding hydrogens is 350 g/mol. The smallest absolute Gasteiger partial charge is 0.275 e. The van der Waals surface area contributed by atoms with E-state index in [0.717, 1.165) is 29.4 Å². The highest BCUT2D eigenvalue weighted by molar-refractivity contribution is 6.35. The van der Waals surface area contributed by atoms with Crippen LogP contribution in [-0.2, 0) is 0 Å². The van der Waals surface area contributed by atoms with Gasteiger partial charge >= 0.3 is 0 Å². The van der Waals surface area contributed by atoms with Crippen molar-refractivity contribution in [3.63, 3.8) is 0 Å². The molecule has 1 fully saturated rings. The van der Waals surface area contributed by atoms with Gasteiger partial charge in [-0.05, 0) is 50.5 Å². The van der Waals surface area contributed by atoms with Crippen molar-refractivity contribution in [3.05, 3.63) is 51.4 Å². The number of nitrogens with zero attached hydrogens (tertiary/aromatic N) is 3. The number of carbonyl (C=O) groups is 1. The van der Waals surface area contributed by atoms with Gasteiger partial charge < -0.3 is 5.32 Å². The van der Waals surface area contributed by atoms with Crippen molar-refractivity contribution >= 4 is 34.1 Å². The van der Waals surface area contributed by atoms with E-state index in [9.17, 15) is 10.1 Å². The lowest BCUT2D eigenvalue weighted by atomic mass is 10.1. The largest absolute Gasteiger partial charge is 0.321 e. The standard InChI is InChI=1S/C19H16ClN5O/c1-9-14(8-21)10(2)22-18(16(9)20)19(26)23-12-5-6-15-13(7-12)17(25-24-15)11-3-4-11/h5-7,11H,3-4H2,1-2H3,(H,23,26)(H,24,25). The minimum Gasteiger partial charge on any atom is -0.321 e. The third-order valence-corrected chi connectivity index (χ3v) is 5.17. The van der Waals surface area contributed by atoms with Crippen molar-refractivity contribution in [2.75, 3.05) is 5.32 Å². The Bertz CT molecular complexity index is 1090. The van der Waals surface area contributed by atoms with E-state index in [4.69, 9.17) is 11.6 Å². The average molecular weight is 366 g/mol. The summed E-state index contributed by atoms with van der Waals surface area (Å²) in [5.74, 6) is 0.132. The molecule has 3 aromatic rings. The van der Waals surface area contributed by atoms with Gasteiger partial charge in [0.25, 0.3) is 5.91 Å². The number of aromatic amines is 1. The Morgan fingerprint density at radius 2 is 2.15 bits per heavy atom. The van der Waals surface area contributed by atoms with Crippen LogP contribution in [0.2, 0.25) is 5.02 Å². The molecule has 0 aliphatic heterocycles.